The number of hydrogen-bond acceptors (Lipinski definition) is 2. The fourth-order valence-electron chi connectivity index (χ4n) is 2.68. The van der Waals surface area contributed by atoms with E-state index in [1.54, 1.807) is 6.26 Å². The molecule has 0 saturated heterocycles. The van der Waals surface area contributed by atoms with Crippen molar-refractivity contribution >= 4 is 0 Å². The second-order valence-electron chi connectivity index (χ2n) is 6.19. The predicted octanol–water partition coefficient (Wildman–Crippen LogP) is 4.63. The fourth-order valence-corrected chi connectivity index (χ4v) is 2.68. The van der Waals surface area contributed by atoms with Crippen LogP contribution in [-0.4, -0.2) is 12.6 Å². The molecule has 0 aliphatic heterocycles. The summed E-state index contributed by atoms with van der Waals surface area (Å²) in [5, 5.41) is 3.68. The minimum Gasteiger partial charge on any atom is -0.469 e. The lowest BCUT2D eigenvalue weighted by Crippen LogP contribution is -2.32. The molecule has 1 heterocycles. The highest BCUT2D eigenvalue weighted by atomic mass is 16.3. The summed E-state index contributed by atoms with van der Waals surface area (Å²) in [6.45, 7) is 7.88. The average Bonchev–Trinajstić information content (AvgIpc) is 2.99. The first kappa shape index (κ1) is 15.8. The van der Waals surface area contributed by atoms with Crippen LogP contribution in [0.2, 0.25) is 0 Å². The molecule has 2 atom stereocenters. The van der Waals surface area contributed by atoms with Crippen molar-refractivity contribution in [3.63, 3.8) is 0 Å². The normalized spacial score (nSPS) is 14.3. The second kappa shape index (κ2) is 8.04. The van der Waals surface area contributed by atoms with Crippen molar-refractivity contribution in [2.75, 3.05) is 6.54 Å². The monoisotopic (exact) mass is 285 g/mol. The minimum atomic E-state index is 0.500. The molecular weight excluding hydrogens is 258 g/mol. The van der Waals surface area contributed by atoms with Crippen LogP contribution < -0.4 is 5.32 Å². The molecule has 0 radical (unpaired) electrons. The Bertz CT molecular complexity index is 490. The van der Waals surface area contributed by atoms with Gasteiger partial charge in [0.25, 0.3) is 0 Å². The second-order valence-corrected chi connectivity index (χ2v) is 6.19. The van der Waals surface area contributed by atoms with Crippen LogP contribution in [0.4, 0.5) is 0 Å². The molecular formula is C19H27NO. The van der Waals surface area contributed by atoms with Crippen molar-refractivity contribution < 1.29 is 4.42 Å². The van der Waals surface area contributed by atoms with Gasteiger partial charge in [-0.1, -0.05) is 44.2 Å². The number of furan rings is 1. The molecule has 0 aliphatic rings. The van der Waals surface area contributed by atoms with Crippen LogP contribution >= 0.6 is 0 Å². The van der Waals surface area contributed by atoms with Crippen LogP contribution in [0.15, 0.2) is 53.1 Å². The topological polar surface area (TPSA) is 25.2 Å². The van der Waals surface area contributed by atoms with Crippen molar-refractivity contribution in [1.29, 1.82) is 0 Å². The Hall–Kier alpha value is -1.54. The molecule has 0 bridgehead atoms. The van der Waals surface area contributed by atoms with E-state index in [0.717, 1.165) is 25.1 Å². The quantitative estimate of drug-likeness (QED) is 0.765. The van der Waals surface area contributed by atoms with Gasteiger partial charge in [0.1, 0.15) is 5.76 Å². The van der Waals surface area contributed by atoms with Crippen molar-refractivity contribution in [3.8, 4) is 0 Å². The molecule has 2 unspecified atom stereocenters. The molecule has 1 N–H and O–H groups in total. The Morgan fingerprint density at radius 3 is 2.38 bits per heavy atom. The number of aryl methyl sites for hydroxylation is 1. The van der Waals surface area contributed by atoms with Crippen LogP contribution in [0.1, 0.15) is 44.4 Å². The van der Waals surface area contributed by atoms with Crippen LogP contribution in [0, 0.1) is 5.92 Å². The van der Waals surface area contributed by atoms with Gasteiger partial charge in [-0.15, -0.1) is 0 Å². The molecule has 2 nitrogen and oxygen atoms in total. The molecule has 1 aromatic heterocycles. The highest BCUT2D eigenvalue weighted by Crippen LogP contribution is 2.23. The summed E-state index contributed by atoms with van der Waals surface area (Å²) in [7, 11) is 0. The predicted molar refractivity (Wildman–Crippen MR) is 88.5 cm³/mol. The lowest BCUT2D eigenvalue weighted by molar-refractivity contribution is 0.411. The van der Waals surface area contributed by atoms with Crippen molar-refractivity contribution in [3.05, 3.63) is 60.1 Å². The summed E-state index contributed by atoms with van der Waals surface area (Å²) >= 11 is 0. The Balaban J connectivity index is 1.81. The summed E-state index contributed by atoms with van der Waals surface area (Å²) in [4.78, 5) is 0. The van der Waals surface area contributed by atoms with Gasteiger partial charge in [-0.25, -0.2) is 0 Å². The highest BCUT2D eigenvalue weighted by Gasteiger charge is 2.16. The highest BCUT2D eigenvalue weighted by molar-refractivity contribution is 5.20. The first-order valence-electron chi connectivity index (χ1n) is 7.97. The van der Waals surface area contributed by atoms with Gasteiger partial charge in [-0.05, 0) is 42.9 Å². The Morgan fingerprint density at radius 1 is 1.00 bits per heavy atom. The molecule has 2 aromatic rings. The third-order valence-electron chi connectivity index (χ3n) is 4.12. The average molecular weight is 285 g/mol. The number of rotatable bonds is 8. The third-order valence-corrected chi connectivity index (χ3v) is 4.12. The van der Waals surface area contributed by atoms with Crippen molar-refractivity contribution in [1.82, 2.24) is 5.32 Å². The van der Waals surface area contributed by atoms with E-state index in [-0.39, 0.29) is 0 Å². The summed E-state index contributed by atoms with van der Waals surface area (Å²) in [6.07, 6.45) is 3.85. The molecule has 21 heavy (non-hydrogen) atoms. The first-order valence-corrected chi connectivity index (χ1v) is 7.97. The number of hydrogen-bond donors (Lipinski definition) is 1. The van der Waals surface area contributed by atoms with E-state index < -0.39 is 0 Å². The summed E-state index contributed by atoms with van der Waals surface area (Å²) < 4.78 is 5.39. The van der Waals surface area contributed by atoms with Crippen LogP contribution in [0.3, 0.4) is 0 Å². The van der Waals surface area contributed by atoms with Crippen LogP contribution in [0.5, 0.6) is 0 Å². The minimum absolute atomic E-state index is 0.500. The largest absolute Gasteiger partial charge is 0.469 e. The Morgan fingerprint density at radius 2 is 1.76 bits per heavy atom. The van der Waals surface area contributed by atoms with Gasteiger partial charge in [-0.2, -0.15) is 0 Å². The van der Waals surface area contributed by atoms with Gasteiger partial charge >= 0.3 is 0 Å². The standard InChI is InChI=1S/C19H27NO/c1-15(2)19(17-8-5-4-6-9-17)14-20-16(3)11-12-18-10-7-13-21-18/h4-10,13,15-16,19-20H,11-12,14H2,1-3H3. The maximum Gasteiger partial charge on any atom is 0.103 e. The summed E-state index contributed by atoms with van der Waals surface area (Å²) in [5.41, 5.74) is 1.43. The Labute approximate surface area is 128 Å². The third kappa shape index (κ3) is 5.05. The molecule has 0 fully saturated rings. The van der Waals surface area contributed by atoms with Crippen LogP contribution in [0.25, 0.3) is 0 Å². The van der Waals surface area contributed by atoms with Gasteiger partial charge in [0, 0.05) is 19.0 Å². The maximum atomic E-state index is 5.39. The summed E-state index contributed by atoms with van der Waals surface area (Å²) in [6, 6.07) is 15.3. The SMILES string of the molecule is CC(CCc1ccco1)NCC(c1ccccc1)C(C)C. The van der Waals surface area contributed by atoms with E-state index in [9.17, 15) is 0 Å². The van der Waals surface area contributed by atoms with Gasteiger partial charge in [0.2, 0.25) is 0 Å². The smallest absolute Gasteiger partial charge is 0.103 e. The molecule has 1 aromatic carbocycles. The fraction of sp³-hybridized carbons (Fsp3) is 0.474. The summed E-state index contributed by atoms with van der Waals surface area (Å²) in [5.74, 6) is 2.28. The molecule has 0 spiro atoms. The van der Waals surface area contributed by atoms with Gasteiger partial charge < -0.3 is 9.73 Å². The molecule has 0 amide bonds. The zero-order valence-electron chi connectivity index (χ0n) is 13.4. The molecule has 0 saturated carbocycles. The molecule has 2 rings (SSSR count). The van der Waals surface area contributed by atoms with E-state index in [4.69, 9.17) is 4.42 Å². The zero-order chi connectivity index (χ0) is 15.1. The van der Waals surface area contributed by atoms with E-state index in [1.807, 2.05) is 12.1 Å². The van der Waals surface area contributed by atoms with Crippen molar-refractivity contribution in [2.45, 2.75) is 45.6 Å². The van der Waals surface area contributed by atoms with E-state index in [1.165, 1.54) is 5.56 Å². The zero-order valence-corrected chi connectivity index (χ0v) is 13.4. The molecule has 114 valence electrons. The van der Waals surface area contributed by atoms with Crippen molar-refractivity contribution in [2.24, 2.45) is 5.92 Å². The van der Waals surface area contributed by atoms with E-state index >= 15 is 0 Å². The van der Waals surface area contributed by atoms with Gasteiger partial charge in [0.05, 0.1) is 6.26 Å². The lowest BCUT2D eigenvalue weighted by Gasteiger charge is -2.24. The van der Waals surface area contributed by atoms with Gasteiger partial charge in [0.15, 0.2) is 0 Å². The number of nitrogens with one attached hydrogen (secondary N) is 1. The maximum absolute atomic E-state index is 5.39. The van der Waals surface area contributed by atoms with E-state index in [0.29, 0.717) is 17.9 Å². The lowest BCUT2D eigenvalue weighted by atomic mass is 9.88. The molecule has 2 heteroatoms. The number of benzene rings is 1. The Kier molecular flexibility index (Phi) is 6.06. The molecule has 0 aliphatic carbocycles. The van der Waals surface area contributed by atoms with Crippen LogP contribution in [-0.2, 0) is 6.42 Å². The first-order chi connectivity index (χ1) is 10.2. The van der Waals surface area contributed by atoms with Gasteiger partial charge in [-0.3, -0.25) is 0 Å². The van der Waals surface area contributed by atoms with E-state index in [2.05, 4.69) is 56.4 Å².